The van der Waals surface area contributed by atoms with Gasteiger partial charge in [-0.2, -0.15) is 4.98 Å². The zero-order valence-electron chi connectivity index (χ0n) is 22.7. The second-order valence-electron chi connectivity index (χ2n) is 10.9. The number of aromatic nitrogens is 5. The van der Waals surface area contributed by atoms with E-state index >= 15 is 0 Å². The number of fused-ring (bicyclic) bond motifs is 3. The normalized spacial score (nSPS) is 19.1. The second kappa shape index (κ2) is 10.1. The van der Waals surface area contributed by atoms with Crippen LogP contribution in [0.1, 0.15) is 26.0 Å². The van der Waals surface area contributed by atoms with Gasteiger partial charge in [0.25, 0.3) is 5.56 Å². The van der Waals surface area contributed by atoms with Gasteiger partial charge in [0.2, 0.25) is 5.95 Å². The minimum Gasteiger partial charge on any atom is -0.384 e. The van der Waals surface area contributed by atoms with Gasteiger partial charge in [-0.1, -0.05) is 12.1 Å². The maximum atomic E-state index is 13.2. The Hall–Kier alpha value is -4.09. The number of pyridine rings is 1. The van der Waals surface area contributed by atoms with E-state index < -0.39 is 5.60 Å². The lowest BCUT2D eigenvalue weighted by atomic mass is 9.87. The van der Waals surface area contributed by atoms with Crippen LogP contribution in [0.2, 0.25) is 0 Å². The van der Waals surface area contributed by atoms with E-state index in [2.05, 4.69) is 43.8 Å². The summed E-state index contributed by atoms with van der Waals surface area (Å²) in [5.41, 5.74) is 1.39. The average molecular weight is 545 g/mol. The quantitative estimate of drug-likeness (QED) is 0.309. The first-order valence-corrected chi connectivity index (χ1v) is 13.5. The fraction of sp³-hybridized carbons (Fsp3) is 0.379. The minimum absolute atomic E-state index is 0.248. The largest absolute Gasteiger partial charge is 0.384 e. The summed E-state index contributed by atoms with van der Waals surface area (Å²) in [4.78, 5) is 31.6. The molecule has 3 aliphatic rings. The third-order valence-electron chi connectivity index (χ3n) is 7.73. The van der Waals surface area contributed by atoms with E-state index in [-0.39, 0.29) is 18.8 Å². The summed E-state index contributed by atoms with van der Waals surface area (Å²) in [6.45, 7) is 9.41. The summed E-state index contributed by atoms with van der Waals surface area (Å²) in [7, 11) is 0. The SMILES string of the molecule is C=CCn1c(=O)c2cnc(Nc3ccc(N4CC5CC(C4)N5CCF)cc3)nc2n1-c1cccc(C(C)(C)O)n1. The molecule has 0 spiro atoms. The van der Waals surface area contributed by atoms with Crippen LogP contribution in [0.3, 0.4) is 0 Å². The van der Waals surface area contributed by atoms with E-state index in [4.69, 9.17) is 4.98 Å². The number of rotatable bonds is 9. The second-order valence-corrected chi connectivity index (χ2v) is 10.9. The first kappa shape index (κ1) is 26.1. The van der Waals surface area contributed by atoms with Crippen LogP contribution >= 0.6 is 0 Å². The Balaban J connectivity index is 1.28. The van der Waals surface area contributed by atoms with Crippen molar-refractivity contribution in [1.82, 2.24) is 29.2 Å². The van der Waals surface area contributed by atoms with Crippen molar-refractivity contribution >= 4 is 28.4 Å². The molecule has 0 radical (unpaired) electrons. The van der Waals surface area contributed by atoms with Crippen molar-refractivity contribution in [3.05, 3.63) is 77.4 Å². The van der Waals surface area contributed by atoms with Crippen molar-refractivity contribution in [2.45, 2.75) is 44.5 Å². The molecule has 6 heterocycles. The summed E-state index contributed by atoms with van der Waals surface area (Å²) in [6, 6.07) is 14.2. The summed E-state index contributed by atoms with van der Waals surface area (Å²) in [6.07, 6.45) is 4.29. The molecule has 3 fully saturated rings. The summed E-state index contributed by atoms with van der Waals surface area (Å²) in [5.74, 6) is 0.789. The number of piperidine rings is 1. The maximum Gasteiger partial charge on any atom is 0.278 e. The standard InChI is InChI=1S/C29H33FN8O2/c1-4-13-37-27(39)23-16-31-28(34-26(23)38(37)25-7-5-6-24(33-25)29(2,3)40)32-19-8-10-20(11-9-19)35-17-21-15-22(18-35)36(21)14-12-30/h4-11,16,21-22,40H,1,12-15,17-18H2,2-3H3,(H,31,32,34). The number of hydrogen-bond acceptors (Lipinski definition) is 8. The van der Waals surface area contributed by atoms with E-state index in [1.807, 2.05) is 12.1 Å². The third-order valence-corrected chi connectivity index (χ3v) is 7.73. The van der Waals surface area contributed by atoms with E-state index in [0.717, 1.165) is 30.9 Å². The summed E-state index contributed by atoms with van der Waals surface area (Å²) < 4.78 is 16.0. The number of benzene rings is 1. The maximum absolute atomic E-state index is 13.2. The number of nitrogens with zero attached hydrogens (tertiary/aromatic N) is 7. The first-order chi connectivity index (χ1) is 19.3. The van der Waals surface area contributed by atoms with E-state index in [9.17, 15) is 14.3 Å². The Morgan fingerprint density at radius 1 is 1.15 bits per heavy atom. The number of halogens is 1. The van der Waals surface area contributed by atoms with Gasteiger partial charge in [0.1, 0.15) is 17.7 Å². The van der Waals surface area contributed by atoms with Crippen LogP contribution in [0.5, 0.6) is 0 Å². The van der Waals surface area contributed by atoms with Crippen molar-refractivity contribution < 1.29 is 9.50 Å². The van der Waals surface area contributed by atoms with Crippen LogP contribution in [-0.4, -0.2) is 72.7 Å². The average Bonchev–Trinajstić information content (AvgIpc) is 3.22. The number of nitrogens with one attached hydrogen (secondary N) is 1. The van der Waals surface area contributed by atoms with Crippen LogP contribution in [0, 0.1) is 0 Å². The monoisotopic (exact) mass is 544 g/mol. The molecule has 11 heteroatoms. The zero-order valence-corrected chi connectivity index (χ0v) is 22.7. The highest BCUT2D eigenvalue weighted by atomic mass is 19.1. The Labute approximate surface area is 231 Å². The number of aliphatic hydroxyl groups is 1. The lowest BCUT2D eigenvalue weighted by molar-refractivity contribution is -0.00468. The van der Waals surface area contributed by atoms with Crippen LogP contribution in [-0.2, 0) is 12.1 Å². The van der Waals surface area contributed by atoms with Crippen molar-refractivity contribution in [2.24, 2.45) is 0 Å². The molecule has 0 amide bonds. The summed E-state index contributed by atoms with van der Waals surface area (Å²) in [5, 5.41) is 14.1. The lowest BCUT2D eigenvalue weighted by Crippen LogP contribution is -2.69. The lowest BCUT2D eigenvalue weighted by Gasteiger charge is -2.56. The van der Waals surface area contributed by atoms with Crippen LogP contribution in [0.4, 0.5) is 21.7 Å². The van der Waals surface area contributed by atoms with Gasteiger partial charge >= 0.3 is 0 Å². The van der Waals surface area contributed by atoms with Gasteiger partial charge in [-0.05, 0) is 56.7 Å². The van der Waals surface area contributed by atoms with Gasteiger partial charge in [0.15, 0.2) is 11.5 Å². The third kappa shape index (κ3) is 4.65. The molecule has 7 rings (SSSR count). The molecule has 2 bridgehead atoms. The van der Waals surface area contributed by atoms with Crippen LogP contribution in [0.15, 0.2) is 66.1 Å². The van der Waals surface area contributed by atoms with Gasteiger partial charge in [-0.15, -0.1) is 6.58 Å². The van der Waals surface area contributed by atoms with Gasteiger partial charge in [0, 0.05) is 49.3 Å². The van der Waals surface area contributed by atoms with Crippen LogP contribution in [0.25, 0.3) is 16.9 Å². The number of anilines is 3. The van der Waals surface area contributed by atoms with Crippen molar-refractivity contribution in [3.63, 3.8) is 0 Å². The van der Waals surface area contributed by atoms with Crippen molar-refractivity contribution in [2.75, 3.05) is 36.5 Å². The predicted octanol–water partition coefficient (Wildman–Crippen LogP) is 3.37. The number of hydrogen-bond donors (Lipinski definition) is 2. The molecule has 3 aromatic heterocycles. The van der Waals surface area contributed by atoms with Gasteiger partial charge in [-0.3, -0.25) is 9.69 Å². The van der Waals surface area contributed by atoms with Crippen molar-refractivity contribution in [3.8, 4) is 5.82 Å². The highest BCUT2D eigenvalue weighted by Gasteiger charge is 2.44. The van der Waals surface area contributed by atoms with E-state index in [1.165, 1.54) is 10.9 Å². The molecule has 3 aliphatic heterocycles. The molecule has 0 aliphatic carbocycles. The molecule has 1 aromatic carbocycles. The zero-order chi connectivity index (χ0) is 28.0. The van der Waals surface area contributed by atoms with Gasteiger partial charge in [0.05, 0.1) is 12.2 Å². The molecular weight excluding hydrogens is 511 g/mol. The highest BCUT2D eigenvalue weighted by molar-refractivity contribution is 5.77. The molecule has 40 heavy (non-hydrogen) atoms. The Bertz CT molecular complexity index is 1600. The minimum atomic E-state index is -1.15. The fourth-order valence-electron chi connectivity index (χ4n) is 5.74. The molecule has 0 saturated carbocycles. The smallest absolute Gasteiger partial charge is 0.278 e. The van der Waals surface area contributed by atoms with E-state index in [0.29, 0.717) is 47.1 Å². The van der Waals surface area contributed by atoms with E-state index in [1.54, 1.807) is 42.8 Å². The number of piperazine rings is 1. The first-order valence-electron chi connectivity index (χ1n) is 13.5. The number of alkyl halides is 1. The topological polar surface area (TPSA) is 104 Å². The Morgan fingerprint density at radius 3 is 2.58 bits per heavy atom. The Morgan fingerprint density at radius 2 is 1.90 bits per heavy atom. The number of allylic oxidation sites excluding steroid dienone is 1. The Kier molecular flexibility index (Phi) is 6.63. The fourth-order valence-corrected chi connectivity index (χ4v) is 5.74. The molecule has 2 N–H and O–H groups in total. The molecule has 3 saturated heterocycles. The molecule has 208 valence electrons. The highest BCUT2D eigenvalue weighted by Crippen LogP contribution is 2.34. The molecule has 2 atom stereocenters. The van der Waals surface area contributed by atoms with Crippen LogP contribution < -0.4 is 15.8 Å². The van der Waals surface area contributed by atoms with Gasteiger partial charge in [-0.25, -0.2) is 23.7 Å². The van der Waals surface area contributed by atoms with Gasteiger partial charge < -0.3 is 15.3 Å². The molecule has 10 nitrogen and oxygen atoms in total. The summed E-state index contributed by atoms with van der Waals surface area (Å²) >= 11 is 0. The molecular formula is C29H33FN8O2. The molecule has 2 unspecified atom stereocenters. The molecule has 4 aromatic rings. The van der Waals surface area contributed by atoms with Crippen molar-refractivity contribution in [1.29, 1.82) is 0 Å². The predicted molar refractivity (Wildman–Crippen MR) is 153 cm³/mol.